The Morgan fingerprint density at radius 1 is 1.36 bits per heavy atom. The third-order valence-electron chi connectivity index (χ3n) is 4.42. The van der Waals surface area contributed by atoms with E-state index in [1.807, 2.05) is 6.07 Å². The van der Waals surface area contributed by atoms with Gasteiger partial charge in [0.2, 0.25) is 0 Å². The second-order valence-electron chi connectivity index (χ2n) is 6.42. The first-order valence-electron chi connectivity index (χ1n) is 7.81. The molecule has 140 valence electrons. The average molecular weight is 376 g/mol. The quantitative estimate of drug-likeness (QED) is 0.866. The van der Waals surface area contributed by atoms with Gasteiger partial charge in [-0.15, -0.1) is 0 Å². The van der Waals surface area contributed by atoms with Crippen molar-refractivity contribution in [1.29, 1.82) is 0 Å². The third-order valence-corrected chi connectivity index (χ3v) is 5.73. The van der Waals surface area contributed by atoms with Crippen LogP contribution in [0.15, 0.2) is 30.3 Å². The predicted molar refractivity (Wildman–Crippen MR) is 88.6 cm³/mol. The lowest BCUT2D eigenvalue weighted by Crippen LogP contribution is -2.60. The lowest BCUT2D eigenvalue weighted by molar-refractivity contribution is -0.140. The molecule has 25 heavy (non-hydrogen) atoms. The van der Waals surface area contributed by atoms with Gasteiger partial charge in [0.25, 0.3) is 5.92 Å². The monoisotopic (exact) mass is 376 g/mol. The van der Waals surface area contributed by atoms with Crippen molar-refractivity contribution in [2.24, 2.45) is 17.6 Å². The standard InChI is InChI=1S/C16H22F2N2O4S/c1-11-8-20(15(21)24-10-12-6-4-3-5-7-12)9-13(16(11,17)18)14(19)25(2,22)23/h3-7,11,13-14H,8-10,19H2,1-2H3. The summed E-state index contributed by atoms with van der Waals surface area (Å²) in [7, 11) is -3.88. The fourth-order valence-electron chi connectivity index (χ4n) is 2.83. The number of rotatable bonds is 4. The van der Waals surface area contributed by atoms with Gasteiger partial charge in [0.05, 0.1) is 5.92 Å². The molecule has 0 aliphatic carbocycles. The van der Waals surface area contributed by atoms with Gasteiger partial charge in [0.15, 0.2) is 9.84 Å². The highest BCUT2D eigenvalue weighted by Crippen LogP contribution is 2.40. The summed E-state index contributed by atoms with van der Waals surface area (Å²) >= 11 is 0. The topological polar surface area (TPSA) is 89.7 Å². The number of sulfone groups is 1. The molecule has 0 bridgehead atoms. The Balaban J connectivity index is 2.10. The maximum atomic E-state index is 14.4. The molecule has 3 atom stereocenters. The molecule has 1 aromatic rings. The Hall–Kier alpha value is -1.74. The summed E-state index contributed by atoms with van der Waals surface area (Å²) in [5.41, 5.74) is 6.30. The van der Waals surface area contributed by atoms with Crippen LogP contribution < -0.4 is 5.73 Å². The van der Waals surface area contributed by atoms with Crippen molar-refractivity contribution in [2.75, 3.05) is 19.3 Å². The Morgan fingerprint density at radius 2 is 1.96 bits per heavy atom. The number of carbonyl (C=O) groups is 1. The van der Waals surface area contributed by atoms with E-state index in [-0.39, 0.29) is 13.2 Å². The molecule has 0 saturated carbocycles. The molecule has 1 aromatic carbocycles. The van der Waals surface area contributed by atoms with Gasteiger partial charge in [-0.05, 0) is 5.56 Å². The molecule has 2 rings (SSSR count). The molecule has 2 N–H and O–H groups in total. The number of likely N-dealkylation sites (tertiary alicyclic amines) is 1. The number of carbonyl (C=O) groups excluding carboxylic acids is 1. The first-order chi connectivity index (χ1) is 11.5. The zero-order chi connectivity index (χ0) is 18.8. The van der Waals surface area contributed by atoms with Crippen LogP contribution in [0.2, 0.25) is 0 Å². The minimum atomic E-state index is -3.88. The zero-order valence-electron chi connectivity index (χ0n) is 14.1. The normalized spacial score (nSPS) is 24.6. The fourth-order valence-corrected chi connectivity index (χ4v) is 3.70. The maximum Gasteiger partial charge on any atom is 0.410 e. The summed E-state index contributed by atoms with van der Waals surface area (Å²) in [5, 5.41) is -1.75. The molecule has 1 aliphatic heterocycles. The average Bonchev–Trinajstić information content (AvgIpc) is 2.54. The number of hydrogen-bond acceptors (Lipinski definition) is 5. The van der Waals surface area contributed by atoms with Gasteiger partial charge in [-0.3, -0.25) is 0 Å². The summed E-state index contributed by atoms with van der Waals surface area (Å²) in [4.78, 5) is 13.3. The number of nitrogens with zero attached hydrogens (tertiary/aromatic N) is 1. The summed E-state index contributed by atoms with van der Waals surface area (Å²) in [5.74, 6) is -6.21. The number of nitrogens with two attached hydrogens (primary N) is 1. The minimum Gasteiger partial charge on any atom is -0.445 e. The molecule has 3 unspecified atom stereocenters. The first kappa shape index (κ1) is 19.6. The van der Waals surface area contributed by atoms with E-state index in [2.05, 4.69) is 0 Å². The van der Waals surface area contributed by atoms with Crippen molar-refractivity contribution >= 4 is 15.9 Å². The Morgan fingerprint density at radius 3 is 2.52 bits per heavy atom. The minimum absolute atomic E-state index is 0.00371. The van der Waals surface area contributed by atoms with E-state index in [0.29, 0.717) is 0 Å². The van der Waals surface area contributed by atoms with Crippen LogP contribution in [0.5, 0.6) is 0 Å². The summed E-state index contributed by atoms with van der Waals surface area (Å²) < 4.78 is 57.2. The van der Waals surface area contributed by atoms with Crippen LogP contribution >= 0.6 is 0 Å². The van der Waals surface area contributed by atoms with Gasteiger partial charge >= 0.3 is 6.09 Å². The van der Waals surface area contributed by atoms with Gasteiger partial charge < -0.3 is 15.4 Å². The van der Waals surface area contributed by atoms with E-state index in [0.717, 1.165) is 16.7 Å². The van der Waals surface area contributed by atoms with Gasteiger partial charge in [-0.1, -0.05) is 37.3 Å². The van der Waals surface area contributed by atoms with Crippen molar-refractivity contribution in [3.63, 3.8) is 0 Å². The van der Waals surface area contributed by atoms with Gasteiger partial charge in [0.1, 0.15) is 12.0 Å². The number of ether oxygens (including phenoxy) is 1. The third kappa shape index (κ3) is 4.46. The van der Waals surface area contributed by atoms with Gasteiger partial charge in [-0.2, -0.15) is 0 Å². The lowest BCUT2D eigenvalue weighted by atomic mass is 9.86. The number of alkyl halides is 2. The lowest BCUT2D eigenvalue weighted by Gasteiger charge is -2.43. The summed E-state index contributed by atoms with van der Waals surface area (Å²) in [6.45, 7) is 0.565. The van der Waals surface area contributed by atoms with Gasteiger partial charge in [0, 0.05) is 25.3 Å². The molecular weight excluding hydrogens is 354 g/mol. The molecule has 1 amide bonds. The molecule has 0 radical (unpaired) electrons. The SMILES string of the molecule is CC1CN(C(=O)OCc2ccccc2)CC(C(N)S(C)(=O)=O)C1(F)F. The van der Waals surface area contributed by atoms with Crippen molar-refractivity contribution < 1.29 is 26.7 Å². The second-order valence-corrected chi connectivity index (χ2v) is 8.62. The van der Waals surface area contributed by atoms with Crippen molar-refractivity contribution in [1.82, 2.24) is 4.90 Å². The zero-order valence-corrected chi connectivity index (χ0v) is 14.9. The number of hydrogen-bond donors (Lipinski definition) is 1. The van der Waals surface area contributed by atoms with E-state index in [1.54, 1.807) is 24.3 Å². The number of amides is 1. The van der Waals surface area contributed by atoms with Crippen LogP contribution in [0, 0.1) is 11.8 Å². The molecule has 1 fully saturated rings. The molecule has 1 saturated heterocycles. The number of halogens is 2. The van der Waals surface area contributed by atoms with Crippen LogP contribution in [-0.4, -0.2) is 50.1 Å². The molecule has 0 spiro atoms. The van der Waals surface area contributed by atoms with E-state index in [9.17, 15) is 22.0 Å². The van der Waals surface area contributed by atoms with Crippen LogP contribution in [-0.2, 0) is 21.2 Å². The molecule has 9 heteroatoms. The van der Waals surface area contributed by atoms with Crippen LogP contribution in [0.25, 0.3) is 0 Å². The molecule has 0 aromatic heterocycles. The molecule has 1 heterocycles. The Bertz CT molecular complexity index is 712. The highest BCUT2D eigenvalue weighted by atomic mass is 32.2. The molecule has 1 aliphatic rings. The van der Waals surface area contributed by atoms with E-state index in [1.165, 1.54) is 6.92 Å². The summed E-state index contributed by atoms with van der Waals surface area (Å²) in [6, 6.07) is 8.92. The van der Waals surface area contributed by atoms with Crippen molar-refractivity contribution in [3.8, 4) is 0 Å². The van der Waals surface area contributed by atoms with Crippen LogP contribution in [0.4, 0.5) is 13.6 Å². The van der Waals surface area contributed by atoms with Crippen LogP contribution in [0.3, 0.4) is 0 Å². The van der Waals surface area contributed by atoms with E-state index in [4.69, 9.17) is 10.5 Å². The van der Waals surface area contributed by atoms with E-state index >= 15 is 0 Å². The van der Waals surface area contributed by atoms with Gasteiger partial charge in [-0.25, -0.2) is 22.0 Å². The highest BCUT2D eigenvalue weighted by molar-refractivity contribution is 7.91. The molecular formula is C16H22F2N2O4S. The second kappa shape index (κ2) is 7.25. The van der Waals surface area contributed by atoms with Crippen molar-refractivity contribution in [2.45, 2.75) is 24.8 Å². The number of benzene rings is 1. The highest BCUT2D eigenvalue weighted by Gasteiger charge is 2.54. The largest absolute Gasteiger partial charge is 0.445 e. The smallest absolute Gasteiger partial charge is 0.410 e. The number of piperidine rings is 1. The fraction of sp³-hybridized carbons (Fsp3) is 0.562. The van der Waals surface area contributed by atoms with Crippen LogP contribution in [0.1, 0.15) is 12.5 Å². The molecule has 6 nitrogen and oxygen atoms in total. The van der Waals surface area contributed by atoms with E-state index < -0.39 is 45.6 Å². The Labute approximate surface area is 145 Å². The predicted octanol–water partition coefficient (Wildman–Crippen LogP) is 1.86. The first-order valence-corrected chi connectivity index (χ1v) is 9.76. The summed E-state index contributed by atoms with van der Waals surface area (Å²) in [6.07, 6.45) is 0.0438. The van der Waals surface area contributed by atoms with Crippen molar-refractivity contribution in [3.05, 3.63) is 35.9 Å². The maximum absolute atomic E-state index is 14.4. The Kier molecular flexibility index (Phi) is 5.68.